The highest BCUT2D eigenvalue weighted by atomic mass is 35.5. The number of alkyl halides is 1. The average Bonchev–Trinajstić information content (AvgIpc) is 3.12. The molecule has 2 unspecified atom stereocenters. The molecule has 0 radical (unpaired) electrons. The lowest BCUT2D eigenvalue weighted by Crippen LogP contribution is -2.58. The molecule has 5 heteroatoms. The van der Waals surface area contributed by atoms with Gasteiger partial charge in [0.25, 0.3) is 0 Å². The zero-order valence-electron chi connectivity index (χ0n) is 15.5. The van der Waals surface area contributed by atoms with Crippen LogP contribution in [0.5, 0.6) is 0 Å². The number of rotatable bonds is 5. The van der Waals surface area contributed by atoms with Gasteiger partial charge >= 0.3 is 0 Å². The van der Waals surface area contributed by atoms with Crippen molar-refractivity contribution in [2.75, 3.05) is 0 Å². The zero-order chi connectivity index (χ0) is 18.5. The van der Waals surface area contributed by atoms with Crippen LogP contribution >= 0.6 is 11.6 Å². The Bertz CT molecular complexity index is 816. The summed E-state index contributed by atoms with van der Waals surface area (Å²) in [5.74, 6) is 1.52. The Morgan fingerprint density at radius 1 is 1.15 bits per heavy atom. The van der Waals surface area contributed by atoms with Crippen LogP contribution in [0.2, 0.25) is 0 Å². The Morgan fingerprint density at radius 2 is 1.85 bits per heavy atom. The molecule has 142 valence electrons. The third-order valence-corrected chi connectivity index (χ3v) is 7.29. The van der Waals surface area contributed by atoms with Gasteiger partial charge < -0.3 is 5.32 Å². The highest BCUT2D eigenvalue weighted by Crippen LogP contribution is 2.63. The topological polar surface area (TPSA) is 46.9 Å². The van der Waals surface area contributed by atoms with Gasteiger partial charge in [-0.3, -0.25) is 9.48 Å². The average molecular weight is 384 g/mol. The van der Waals surface area contributed by atoms with E-state index in [9.17, 15) is 4.79 Å². The van der Waals surface area contributed by atoms with Gasteiger partial charge in [0.1, 0.15) is 0 Å². The van der Waals surface area contributed by atoms with E-state index in [1.54, 1.807) is 6.20 Å². The molecule has 1 N–H and O–H groups in total. The molecule has 2 atom stereocenters. The molecule has 4 aliphatic carbocycles. The molecule has 27 heavy (non-hydrogen) atoms. The largest absolute Gasteiger partial charge is 0.352 e. The first kappa shape index (κ1) is 17.3. The summed E-state index contributed by atoms with van der Waals surface area (Å²) >= 11 is 6.87. The summed E-state index contributed by atoms with van der Waals surface area (Å²) in [6.07, 6.45) is 10.2. The molecule has 1 amide bonds. The van der Waals surface area contributed by atoms with Crippen molar-refractivity contribution in [1.82, 2.24) is 15.1 Å². The highest BCUT2D eigenvalue weighted by Gasteiger charge is 2.59. The normalized spacial score (nSPS) is 34.0. The number of carbonyl (C=O) groups excluding carboxylic acids is 1. The number of amides is 1. The quantitative estimate of drug-likeness (QED) is 0.789. The standard InChI is InChI=1S/C22H26ClN3O/c23-22-11-18-8-19(12-22)10-21(9-18,15-22)20(27)24-13-16-2-4-17(5-3-16)14-26-7-1-6-25-26/h1-7,18-19H,8-15H2,(H,24,27). The van der Waals surface area contributed by atoms with Crippen LogP contribution in [-0.4, -0.2) is 20.6 Å². The lowest BCUT2D eigenvalue weighted by Gasteiger charge is -2.59. The summed E-state index contributed by atoms with van der Waals surface area (Å²) in [6, 6.07) is 10.4. The maximum Gasteiger partial charge on any atom is 0.226 e. The predicted octanol–water partition coefficient (Wildman–Crippen LogP) is 4.13. The molecule has 4 nitrogen and oxygen atoms in total. The first-order valence-corrected chi connectivity index (χ1v) is 10.4. The molecular weight excluding hydrogens is 358 g/mol. The van der Waals surface area contributed by atoms with Crippen LogP contribution < -0.4 is 5.32 Å². The van der Waals surface area contributed by atoms with Crippen LogP contribution in [0, 0.1) is 17.3 Å². The number of halogens is 1. The molecule has 0 aliphatic heterocycles. The summed E-state index contributed by atoms with van der Waals surface area (Å²) in [5, 5.41) is 7.46. The van der Waals surface area contributed by atoms with E-state index in [4.69, 9.17) is 11.6 Å². The van der Waals surface area contributed by atoms with E-state index >= 15 is 0 Å². The Kier molecular flexibility index (Phi) is 4.08. The summed E-state index contributed by atoms with van der Waals surface area (Å²) in [4.78, 5) is 13.0. The van der Waals surface area contributed by atoms with E-state index in [0.29, 0.717) is 18.4 Å². The number of benzene rings is 1. The van der Waals surface area contributed by atoms with Crippen molar-refractivity contribution in [3.05, 3.63) is 53.9 Å². The van der Waals surface area contributed by atoms with Crippen molar-refractivity contribution in [2.24, 2.45) is 17.3 Å². The zero-order valence-corrected chi connectivity index (χ0v) is 16.3. The Balaban J connectivity index is 1.22. The van der Waals surface area contributed by atoms with Gasteiger partial charge in [-0.1, -0.05) is 24.3 Å². The van der Waals surface area contributed by atoms with Crippen LogP contribution in [-0.2, 0) is 17.9 Å². The molecule has 4 fully saturated rings. The molecule has 1 aromatic carbocycles. The molecule has 2 aromatic rings. The first-order chi connectivity index (χ1) is 13.0. The van der Waals surface area contributed by atoms with Crippen LogP contribution in [0.1, 0.15) is 49.7 Å². The molecule has 4 aliphatic rings. The number of nitrogens with one attached hydrogen (secondary N) is 1. The number of hydrogen-bond donors (Lipinski definition) is 1. The van der Waals surface area contributed by atoms with Gasteiger partial charge in [-0.05, 0) is 67.6 Å². The van der Waals surface area contributed by atoms with Gasteiger partial charge in [0.2, 0.25) is 5.91 Å². The minimum absolute atomic E-state index is 0.116. The third kappa shape index (κ3) is 3.29. The van der Waals surface area contributed by atoms with Crippen LogP contribution in [0.3, 0.4) is 0 Å². The molecular formula is C22H26ClN3O. The van der Waals surface area contributed by atoms with Gasteiger partial charge in [0.05, 0.1) is 12.0 Å². The van der Waals surface area contributed by atoms with Gasteiger partial charge in [0.15, 0.2) is 0 Å². The van der Waals surface area contributed by atoms with E-state index in [1.807, 2.05) is 16.9 Å². The second-order valence-electron chi connectivity index (χ2n) is 9.10. The summed E-state index contributed by atoms with van der Waals surface area (Å²) < 4.78 is 1.91. The fraction of sp³-hybridized carbons (Fsp3) is 0.545. The lowest BCUT2D eigenvalue weighted by atomic mass is 9.49. The molecule has 1 aromatic heterocycles. The molecule has 0 spiro atoms. The molecule has 6 rings (SSSR count). The Hall–Kier alpha value is -1.81. The maximum atomic E-state index is 13.1. The second-order valence-corrected chi connectivity index (χ2v) is 9.90. The van der Waals surface area contributed by atoms with E-state index in [0.717, 1.165) is 44.2 Å². The monoisotopic (exact) mass is 383 g/mol. The van der Waals surface area contributed by atoms with E-state index < -0.39 is 0 Å². The van der Waals surface area contributed by atoms with Crippen molar-refractivity contribution in [1.29, 1.82) is 0 Å². The molecule has 4 saturated carbocycles. The van der Waals surface area contributed by atoms with E-state index in [-0.39, 0.29) is 16.2 Å². The van der Waals surface area contributed by atoms with Gasteiger partial charge in [-0.2, -0.15) is 5.10 Å². The van der Waals surface area contributed by atoms with Crippen molar-refractivity contribution >= 4 is 17.5 Å². The Labute approximate surface area is 165 Å². The van der Waals surface area contributed by atoms with Crippen LogP contribution in [0.4, 0.5) is 0 Å². The summed E-state index contributed by atoms with van der Waals surface area (Å²) in [5.41, 5.74) is 2.13. The number of hydrogen-bond acceptors (Lipinski definition) is 2. The van der Waals surface area contributed by atoms with Crippen molar-refractivity contribution in [2.45, 2.75) is 56.5 Å². The van der Waals surface area contributed by atoms with E-state index in [2.05, 4.69) is 34.7 Å². The minimum atomic E-state index is -0.216. The summed E-state index contributed by atoms with van der Waals surface area (Å²) in [6.45, 7) is 1.36. The molecule has 1 heterocycles. The van der Waals surface area contributed by atoms with Crippen molar-refractivity contribution in [3.8, 4) is 0 Å². The molecule has 4 bridgehead atoms. The first-order valence-electron chi connectivity index (χ1n) is 10.0. The number of nitrogens with zero attached hydrogens (tertiary/aromatic N) is 2. The van der Waals surface area contributed by atoms with Crippen molar-refractivity contribution < 1.29 is 4.79 Å². The number of carbonyl (C=O) groups is 1. The SMILES string of the molecule is O=C(NCc1ccc(Cn2cccn2)cc1)C12CC3CC(CC(Cl)(C3)C1)C2. The lowest BCUT2D eigenvalue weighted by molar-refractivity contribution is -0.144. The minimum Gasteiger partial charge on any atom is -0.352 e. The molecule has 0 saturated heterocycles. The fourth-order valence-corrected chi connectivity index (χ4v) is 6.82. The van der Waals surface area contributed by atoms with Crippen LogP contribution in [0.25, 0.3) is 0 Å². The van der Waals surface area contributed by atoms with Crippen molar-refractivity contribution in [3.63, 3.8) is 0 Å². The van der Waals surface area contributed by atoms with E-state index in [1.165, 1.54) is 12.0 Å². The fourth-order valence-electron chi connectivity index (χ4n) is 6.13. The van der Waals surface area contributed by atoms with Gasteiger partial charge in [0, 0.05) is 23.8 Å². The summed E-state index contributed by atoms with van der Waals surface area (Å²) in [7, 11) is 0. The van der Waals surface area contributed by atoms with Gasteiger partial charge in [-0.25, -0.2) is 0 Å². The third-order valence-electron chi connectivity index (χ3n) is 6.85. The highest BCUT2D eigenvalue weighted by molar-refractivity contribution is 6.24. The Morgan fingerprint density at radius 3 is 2.48 bits per heavy atom. The number of aromatic nitrogens is 2. The maximum absolute atomic E-state index is 13.1. The second kappa shape index (κ2) is 6.37. The smallest absolute Gasteiger partial charge is 0.226 e. The van der Waals surface area contributed by atoms with Crippen LogP contribution in [0.15, 0.2) is 42.7 Å². The predicted molar refractivity (Wildman–Crippen MR) is 105 cm³/mol. The van der Waals surface area contributed by atoms with Gasteiger partial charge in [-0.15, -0.1) is 11.6 Å².